The van der Waals surface area contributed by atoms with Gasteiger partial charge in [0.25, 0.3) is 0 Å². The van der Waals surface area contributed by atoms with E-state index in [-0.39, 0.29) is 5.54 Å². The molecule has 0 aromatic heterocycles. The van der Waals surface area contributed by atoms with Gasteiger partial charge in [-0.15, -0.1) is 0 Å². The zero-order valence-electron chi connectivity index (χ0n) is 12.0. The monoisotopic (exact) mass is 259 g/mol. The van der Waals surface area contributed by atoms with E-state index in [1.807, 2.05) is 6.07 Å². The van der Waals surface area contributed by atoms with Crippen molar-refractivity contribution in [3.05, 3.63) is 29.8 Å². The fourth-order valence-corrected chi connectivity index (χ4v) is 4.26. The Labute approximate surface area is 116 Å². The summed E-state index contributed by atoms with van der Waals surface area (Å²) in [4.78, 5) is 0. The molecule has 19 heavy (non-hydrogen) atoms. The average molecular weight is 259 g/mol. The number of benzene rings is 1. The molecule has 0 amide bonds. The van der Waals surface area contributed by atoms with Crippen LogP contribution in [-0.4, -0.2) is 7.11 Å². The molecule has 2 saturated carbocycles. The number of hydrogen-bond acceptors (Lipinski definition) is 2. The van der Waals surface area contributed by atoms with Crippen molar-refractivity contribution in [2.24, 2.45) is 11.1 Å². The van der Waals surface area contributed by atoms with Crippen LogP contribution < -0.4 is 10.5 Å². The first-order chi connectivity index (χ1) is 9.16. The van der Waals surface area contributed by atoms with Crippen molar-refractivity contribution in [2.45, 2.75) is 56.9 Å². The number of rotatable bonds is 2. The van der Waals surface area contributed by atoms with E-state index in [4.69, 9.17) is 10.5 Å². The summed E-state index contributed by atoms with van der Waals surface area (Å²) in [5.74, 6) is 0.921. The molecule has 0 heterocycles. The Morgan fingerprint density at radius 2 is 1.74 bits per heavy atom. The first-order valence-corrected chi connectivity index (χ1v) is 7.59. The SMILES string of the molecule is COc1cccc(C2(N)CC3(CCCCCC3)C2)c1. The van der Waals surface area contributed by atoms with Crippen molar-refractivity contribution >= 4 is 0 Å². The Morgan fingerprint density at radius 1 is 1.05 bits per heavy atom. The van der Waals surface area contributed by atoms with Gasteiger partial charge in [-0.3, -0.25) is 0 Å². The zero-order chi connectivity index (χ0) is 13.3. The highest BCUT2D eigenvalue weighted by atomic mass is 16.5. The van der Waals surface area contributed by atoms with E-state index < -0.39 is 0 Å². The minimum Gasteiger partial charge on any atom is -0.497 e. The molecular formula is C17H25NO. The molecule has 2 N–H and O–H groups in total. The highest BCUT2D eigenvalue weighted by Crippen LogP contribution is 2.58. The lowest BCUT2D eigenvalue weighted by molar-refractivity contribution is 0.00953. The average Bonchev–Trinajstić information content (AvgIpc) is 2.64. The molecule has 2 aliphatic rings. The molecule has 0 unspecified atom stereocenters. The molecule has 104 valence electrons. The molecule has 1 spiro atoms. The van der Waals surface area contributed by atoms with Gasteiger partial charge in [0.1, 0.15) is 5.75 Å². The minimum absolute atomic E-state index is 0.112. The lowest BCUT2D eigenvalue weighted by atomic mass is 9.53. The van der Waals surface area contributed by atoms with Gasteiger partial charge in [0.05, 0.1) is 7.11 Å². The van der Waals surface area contributed by atoms with E-state index in [2.05, 4.69) is 18.2 Å². The molecule has 2 nitrogen and oxygen atoms in total. The van der Waals surface area contributed by atoms with Gasteiger partial charge in [0.15, 0.2) is 0 Å². The van der Waals surface area contributed by atoms with Gasteiger partial charge in [0, 0.05) is 5.54 Å². The maximum absolute atomic E-state index is 6.65. The topological polar surface area (TPSA) is 35.2 Å². The predicted octanol–water partition coefficient (Wildman–Crippen LogP) is 3.98. The van der Waals surface area contributed by atoms with Gasteiger partial charge in [-0.05, 0) is 48.8 Å². The van der Waals surface area contributed by atoms with Gasteiger partial charge >= 0.3 is 0 Å². The Kier molecular flexibility index (Phi) is 3.30. The van der Waals surface area contributed by atoms with Crippen LogP contribution in [0.25, 0.3) is 0 Å². The number of nitrogens with two attached hydrogens (primary N) is 1. The van der Waals surface area contributed by atoms with Crippen LogP contribution in [0.3, 0.4) is 0 Å². The minimum atomic E-state index is -0.112. The fourth-order valence-electron chi connectivity index (χ4n) is 4.26. The van der Waals surface area contributed by atoms with Crippen LogP contribution in [-0.2, 0) is 5.54 Å². The summed E-state index contributed by atoms with van der Waals surface area (Å²) in [6, 6.07) is 8.32. The van der Waals surface area contributed by atoms with Crippen molar-refractivity contribution in [1.29, 1.82) is 0 Å². The van der Waals surface area contributed by atoms with E-state index in [1.165, 1.54) is 44.1 Å². The maximum atomic E-state index is 6.65. The van der Waals surface area contributed by atoms with Crippen molar-refractivity contribution in [2.75, 3.05) is 7.11 Å². The molecule has 0 bridgehead atoms. The smallest absolute Gasteiger partial charge is 0.119 e. The van der Waals surface area contributed by atoms with Crippen LogP contribution in [0.4, 0.5) is 0 Å². The summed E-state index contributed by atoms with van der Waals surface area (Å²) in [7, 11) is 1.72. The van der Waals surface area contributed by atoms with Crippen LogP contribution in [0, 0.1) is 5.41 Å². The molecule has 1 aromatic carbocycles. The third-order valence-corrected chi connectivity index (χ3v) is 5.19. The quantitative estimate of drug-likeness (QED) is 0.871. The summed E-state index contributed by atoms with van der Waals surface area (Å²) in [5.41, 5.74) is 8.34. The van der Waals surface area contributed by atoms with E-state index in [9.17, 15) is 0 Å². The first-order valence-electron chi connectivity index (χ1n) is 7.59. The summed E-state index contributed by atoms with van der Waals surface area (Å²) in [5, 5.41) is 0. The van der Waals surface area contributed by atoms with Crippen molar-refractivity contribution in [3.63, 3.8) is 0 Å². The molecule has 0 aliphatic heterocycles. The largest absolute Gasteiger partial charge is 0.497 e. The summed E-state index contributed by atoms with van der Waals surface area (Å²) in [6.45, 7) is 0. The Hall–Kier alpha value is -1.02. The van der Waals surface area contributed by atoms with Gasteiger partial charge in [-0.1, -0.05) is 37.8 Å². The van der Waals surface area contributed by atoms with Crippen LogP contribution >= 0.6 is 0 Å². The Morgan fingerprint density at radius 3 is 2.37 bits per heavy atom. The predicted molar refractivity (Wildman–Crippen MR) is 78.2 cm³/mol. The molecule has 2 aliphatic carbocycles. The van der Waals surface area contributed by atoms with Crippen LogP contribution in [0.2, 0.25) is 0 Å². The first kappa shape index (κ1) is 13.0. The van der Waals surface area contributed by atoms with Crippen molar-refractivity contribution in [3.8, 4) is 5.75 Å². The van der Waals surface area contributed by atoms with E-state index in [1.54, 1.807) is 7.11 Å². The summed E-state index contributed by atoms with van der Waals surface area (Å²) >= 11 is 0. The second-order valence-electron chi connectivity index (χ2n) is 6.66. The van der Waals surface area contributed by atoms with Crippen LogP contribution in [0.5, 0.6) is 5.75 Å². The molecule has 0 saturated heterocycles. The fraction of sp³-hybridized carbons (Fsp3) is 0.647. The summed E-state index contributed by atoms with van der Waals surface area (Å²) < 4.78 is 5.32. The van der Waals surface area contributed by atoms with E-state index >= 15 is 0 Å². The lowest BCUT2D eigenvalue weighted by Gasteiger charge is -2.55. The zero-order valence-corrected chi connectivity index (χ0v) is 12.0. The highest BCUT2D eigenvalue weighted by Gasteiger charge is 2.52. The van der Waals surface area contributed by atoms with Crippen LogP contribution in [0.1, 0.15) is 56.9 Å². The van der Waals surface area contributed by atoms with Gasteiger partial charge in [0.2, 0.25) is 0 Å². The second kappa shape index (κ2) is 4.82. The van der Waals surface area contributed by atoms with Crippen molar-refractivity contribution < 1.29 is 4.74 Å². The van der Waals surface area contributed by atoms with Gasteiger partial charge in [-0.25, -0.2) is 0 Å². The molecule has 0 atom stereocenters. The molecule has 3 rings (SSSR count). The molecule has 2 fully saturated rings. The summed E-state index contributed by atoms with van der Waals surface area (Å²) in [6.07, 6.45) is 10.7. The second-order valence-corrected chi connectivity index (χ2v) is 6.66. The third kappa shape index (κ3) is 2.38. The molecule has 2 heteroatoms. The van der Waals surface area contributed by atoms with E-state index in [0.717, 1.165) is 18.6 Å². The van der Waals surface area contributed by atoms with Gasteiger partial charge in [-0.2, -0.15) is 0 Å². The van der Waals surface area contributed by atoms with Crippen molar-refractivity contribution in [1.82, 2.24) is 0 Å². The third-order valence-electron chi connectivity index (χ3n) is 5.19. The maximum Gasteiger partial charge on any atom is 0.119 e. The number of methoxy groups -OCH3 is 1. The molecule has 1 aromatic rings. The number of ether oxygens (including phenoxy) is 1. The molecular weight excluding hydrogens is 234 g/mol. The highest BCUT2D eigenvalue weighted by molar-refractivity contribution is 5.36. The van der Waals surface area contributed by atoms with Gasteiger partial charge < -0.3 is 10.5 Å². The normalized spacial score (nSPS) is 24.5. The number of hydrogen-bond donors (Lipinski definition) is 1. The lowest BCUT2D eigenvalue weighted by Crippen LogP contribution is -2.55. The van der Waals surface area contributed by atoms with E-state index in [0.29, 0.717) is 5.41 Å². The van der Waals surface area contributed by atoms with Crippen LogP contribution in [0.15, 0.2) is 24.3 Å². The Bertz CT molecular complexity index is 438. The Balaban J connectivity index is 1.75. The standard InChI is InChI=1S/C17H25NO/c1-19-15-8-6-7-14(11-15)17(18)12-16(13-17)9-4-2-3-5-10-16/h6-8,11H,2-5,9-10,12-13,18H2,1H3. The molecule has 0 radical (unpaired) electrons.